The van der Waals surface area contributed by atoms with E-state index in [1.807, 2.05) is 19.2 Å². The van der Waals surface area contributed by atoms with Gasteiger partial charge in [0.25, 0.3) is 0 Å². The van der Waals surface area contributed by atoms with Gasteiger partial charge in [-0.3, -0.25) is 4.79 Å². The summed E-state index contributed by atoms with van der Waals surface area (Å²) >= 11 is 0. The largest absolute Gasteiger partial charge is 0.465 e. The third-order valence-corrected chi connectivity index (χ3v) is 7.20. The zero-order valence-electron chi connectivity index (χ0n) is 20.9. The zero-order valence-corrected chi connectivity index (χ0v) is 20.9. The molecule has 2 aliphatic rings. The van der Waals surface area contributed by atoms with Gasteiger partial charge in [0.05, 0.1) is 17.6 Å². The van der Waals surface area contributed by atoms with Crippen molar-refractivity contribution in [2.75, 3.05) is 18.4 Å². The fraction of sp³-hybridized carbons (Fsp3) is 0.640. The zero-order chi connectivity index (χ0) is 24.9. The van der Waals surface area contributed by atoms with Crippen LogP contribution in [0.5, 0.6) is 0 Å². The standard InChI is InChI=1S/C25H37N7O3/c1-16(2)32-17(3)27-15-22(32)21-8-11-26-24(30-21)29-20-6-4-19(5-7-20)28-23(33)14-18-9-12-31(13-10-18)25(34)35/h8,11,15-16,18-20H,4-7,9-10,12-14H2,1-3H3,(H,28,33)(H,34,35)(H,26,29,30). The minimum Gasteiger partial charge on any atom is -0.465 e. The molecule has 2 fully saturated rings. The molecule has 0 atom stereocenters. The highest BCUT2D eigenvalue weighted by Gasteiger charge is 2.27. The number of hydrogen-bond donors (Lipinski definition) is 3. The molecule has 0 bridgehead atoms. The lowest BCUT2D eigenvalue weighted by Crippen LogP contribution is -2.42. The van der Waals surface area contributed by atoms with Gasteiger partial charge in [0.15, 0.2) is 0 Å². The Morgan fingerprint density at radius 2 is 1.77 bits per heavy atom. The summed E-state index contributed by atoms with van der Waals surface area (Å²) in [6, 6.07) is 2.67. The van der Waals surface area contributed by atoms with Gasteiger partial charge in [-0.15, -0.1) is 0 Å². The number of nitrogens with one attached hydrogen (secondary N) is 2. The summed E-state index contributed by atoms with van der Waals surface area (Å²) < 4.78 is 2.18. The Kier molecular flexibility index (Phi) is 7.87. The maximum absolute atomic E-state index is 12.5. The van der Waals surface area contributed by atoms with Gasteiger partial charge in [0.2, 0.25) is 11.9 Å². The van der Waals surface area contributed by atoms with E-state index in [4.69, 9.17) is 10.1 Å². The third kappa shape index (κ3) is 6.29. The number of aromatic nitrogens is 4. The Hall–Kier alpha value is -3.17. The number of likely N-dealkylation sites (tertiary alicyclic amines) is 1. The van der Waals surface area contributed by atoms with Crippen LogP contribution in [0.4, 0.5) is 10.7 Å². The van der Waals surface area contributed by atoms with Crippen molar-refractivity contribution in [2.45, 2.75) is 83.8 Å². The topological polar surface area (TPSA) is 125 Å². The molecule has 2 amide bonds. The van der Waals surface area contributed by atoms with Crippen LogP contribution in [0, 0.1) is 12.8 Å². The molecule has 0 aromatic carbocycles. The number of piperidine rings is 1. The molecule has 4 rings (SSSR count). The first-order chi connectivity index (χ1) is 16.8. The summed E-state index contributed by atoms with van der Waals surface area (Å²) in [6.45, 7) is 7.32. The number of hydrogen-bond acceptors (Lipinski definition) is 6. The maximum Gasteiger partial charge on any atom is 0.407 e. The van der Waals surface area contributed by atoms with Crippen LogP contribution in [-0.4, -0.2) is 66.7 Å². The van der Waals surface area contributed by atoms with Crippen molar-refractivity contribution in [3.63, 3.8) is 0 Å². The van der Waals surface area contributed by atoms with Crippen LogP contribution in [0.3, 0.4) is 0 Å². The third-order valence-electron chi connectivity index (χ3n) is 7.20. The fourth-order valence-corrected chi connectivity index (χ4v) is 5.31. The first-order valence-corrected chi connectivity index (χ1v) is 12.7. The summed E-state index contributed by atoms with van der Waals surface area (Å²) in [7, 11) is 0. The van der Waals surface area contributed by atoms with Crippen LogP contribution in [0.25, 0.3) is 11.4 Å². The number of anilines is 1. The molecule has 1 saturated carbocycles. The summed E-state index contributed by atoms with van der Waals surface area (Å²) in [5.74, 6) is 1.94. The molecule has 2 aromatic rings. The van der Waals surface area contributed by atoms with Gasteiger partial charge < -0.3 is 25.2 Å². The van der Waals surface area contributed by atoms with E-state index in [0.717, 1.165) is 55.7 Å². The Morgan fingerprint density at radius 3 is 2.43 bits per heavy atom. The van der Waals surface area contributed by atoms with Crippen LogP contribution in [-0.2, 0) is 4.79 Å². The van der Waals surface area contributed by atoms with Crippen molar-refractivity contribution in [2.24, 2.45) is 5.92 Å². The molecule has 1 saturated heterocycles. The van der Waals surface area contributed by atoms with Gasteiger partial charge in [-0.1, -0.05) is 0 Å². The molecular weight excluding hydrogens is 446 g/mol. The van der Waals surface area contributed by atoms with Gasteiger partial charge in [-0.25, -0.2) is 19.7 Å². The highest BCUT2D eigenvalue weighted by molar-refractivity contribution is 5.76. The molecule has 1 aliphatic carbocycles. The molecule has 35 heavy (non-hydrogen) atoms. The van der Waals surface area contributed by atoms with Gasteiger partial charge in [0, 0.05) is 43.8 Å². The highest BCUT2D eigenvalue weighted by atomic mass is 16.4. The van der Waals surface area contributed by atoms with Gasteiger partial charge in [0.1, 0.15) is 5.82 Å². The fourth-order valence-electron chi connectivity index (χ4n) is 5.31. The van der Waals surface area contributed by atoms with E-state index in [-0.39, 0.29) is 23.9 Å². The molecule has 0 unspecified atom stereocenters. The smallest absolute Gasteiger partial charge is 0.407 e. The molecule has 2 aromatic heterocycles. The predicted molar refractivity (Wildman–Crippen MR) is 133 cm³/mol. The minimum absolute atomic E-state index is 0.0864. The molecule has 3 heterocycles. The van der Waals surface area contributed by atoms with E-state index in [2.05, 4.69) is 39.0 Å². The number of nitrogens with zero attached hydrogens (tertiary/aromatic N) is 5. The molecule has 10 nitrogen and oxygen atoms in total. The molecule has 0 spiro atoms. The van der Waals surface area contributed by atoms with Crippen molar-refractivity contribution in [3.8, 4) is 11.4 Å². The van der Waals surface area contributed by atoms with E-state index >= 15 is 0 Å². The quantitative estimate of drug-likeness (QED) is 0.546. The molecule has 10 heteroatoms. The monoisotopic (exact) mass is 483 g/mol. The first kappa shape index (κ1) is 24.9. The van der Waals surface area contributed by atoms with Crippen molar-refractivity contribution in [1.29, 1.82) is 0 Å². The predicted octanol–water partition coefficient (Wildman–Crippen LogP) is 3.85. The van der Waals surface area contributed by atoms with Crippen LogP contribution < -0.4 is 10.6 Å². The summed E-state index contributed by atoms with van der Waals surface area (Å²) in [5, 5.41) is 15.7. The maximum atomic E-state index is 12.5. The summed E-state index contributed by atoms with van der Waals surface area (Å²) in [5.41, 5.74) is 1.84. The van der Waals surface area contributed by atoms with Crippen LogP contribution in [0.15, 0.2) is 18.5 Å². The second kappa shape index (κ2) is 11.0. The average Bonchev–Trinajstić information content (AvgIpc) is 3.22. The summed E-state index contributed by atoms with van der Waals surface area (Å²) in [4.78, 5) is 38.6. The second-order valence-electron chi connectivity index (χ2n) is 10.1. The lowest BCUT2D eigenvalue weighted by atomic mass is 9.90. The van der Waals surface area contributed by atoms with E-state index < -0.39 is 6.09 Å². The number of carbonyl (C=O) groups is 2. The Morgan fingerprint density at radius 1 is 1.09 bits per heavy atom. The highest BCUT2D eigenvalue weighted by Crippen LogP contribution is 2.26. The van der Waals surface area contributed by atoms with Crippen molar-refractivity contribution < 1.29 is 14.7 Å². The lowest BCUT2D eigenvalue weighted by molar-refractivity contribution is -0.123. The molecule has 3 N–H and O–H groups in total. The summed E-state index contributed by atoms with van der Waals surface area (Å²) in [6.07, 6.45) is 8.50. The average molecular weight is 484 g/mol. The number of imidazole rings is 1. The van der Waals surface area contributed by atoms with Gasteiger partial charge >= 0.3 is 6.09 Å². The van der Waals surface area contributed by atoms with Crippen LogP contribution >= 0.6 is 0 Å². The lowest BCUT2D eigenvalue weighted by Gasteiger charge is -2.32. The molecule has 190 valence electrons. The van der Waals surface area contributed by atoms with Crippen LogP contribution in [0.1, 0.15) is 70.7 Å². The van der Waals surface area contributed by atoms with Crippen molar-refractivity contribution in [3.05, 3.63) is 24.3 Å². The number of carbonyl (C=O) groups excluding carboxylic acids is 1. The Bertz CT molecular complexity index is 1020. The Balaban J connectivity index is 1.24. The Labute approximate surface area is 206 Å². The molecule has 1 aliphatic heterocycles. The van der Waals surface area contributed by atoms with Gasteiger partial charge in [-0.05, 0) is 71.3 Å². The SMILES string of the molecule is Cc1ncc(-c2ccnc(NC3CCC(NC(=O)CC4CCN(C(=O)O)CC4)CC3)n2)n1C(C)C. The van der Waals surface area contributed by atoms with E-state index in [1.54, 1.807) is 6.20 Å². The second-order valence-corrected chi connectivity index (χ2v) is 10.1. The normalized spacial score (nSPS) is 21.2. The van der Waals surface area contributed by atoms with E-state index in [9.17, 15) is 9.59 Å². The van der Waals surface area contributed by atoms with Gasteiger partial charge in [-0.2, -0.15) is 0 Å². The van der Waals surface area contributed by atoms with E-state index in [0.29, 0.717) is 31.5 Å². The minimum atomic E-state index is -0.868. The number of rotatable bonds is 7. The van der Waals surface area contributed by atoms with Crippen molar-refractivity contribution in [1.82, 2.24) is 29.7 Å². The van der Waals surface area contributed by atoms with Crippen LogP contribution in [0.2, 0.25) is 0 Å². The molecular formula is C25H37N7O3. The number of carboxylic acid groups (broad SMARTS) is 1. The molecule has 0 radical (unpaired) electrons. The van der Waals surface area contributed by atoms with Crippen molar-refractivity contribution >= 4 is 17.9 Å². The number of aryl methyl sites for hydroxylation is 1. The number of amides is 2. The van der Waals surface area contributed by atoms with E-state index in [1.165, 1.54) is 4.90 Å². The first-order valence-electron chi connectivity index (χ1n) is 12.7.